The number of carbonyl (C=O) groups excluding carboxylic acids is 1. The Bertz CT molecular complexity index is 1390. The highest BCUT2D eigenvalue weighted by Crippen LogP contribution is 2.26. The molecular formula is C29H28N2O3S. The third kappa shape index (κ3) is 5.61. The minimum absolute atomic E-state index is 0.137. The molecule has 0 aromatic heterocycles. The summed E-state index contributed by atoms with van der Waals surface area (Å²) in [6, 6.07) is 32.5. The average Bonchev–Trinajstić information content (AvgIpc) is 2.87. The molecule has 6 heteroatoms. The monoisotopic (exact) mass is 484 g/mol. The van der Waals surface area contributed by atoms with Crippen LogP contribution in [0.4, 0.5) is 5.69 Å². The molecule has 1 N–H and O–H groups in total. The van der Waals surface area contributed by atoms with E-state index < -0.39 is 22.0 Å². The number of aryl methyl sites for hydroxylation is 2. The molecule has 4 aromatic rings. The van der Waals surface area contributed by atoms with Crippen LogP contribution in [0, 0.1) is 13.8 Å². The largest absolute Gasteiger partial charge is 0.344 e. The highest BCUT2D eigenvalue weighted by atomic mass is 32.2. The first-order valence-electron chi connectivity index (χ1n) is 11.4. The number of rotatable bonds is 8. The number of nitrogens with zero attached hydrogens (tertiary/aromatic N) is 1. The molecule has 0 saturated carbocycles. The Morgan fingerprint density at radius 3 is 1.97 bits per heavy atom. The van der Waals surface area contributed by atoms with Gasteiger partial charge in [0.15, 0.2) is 0 Å². The molecule has 1 amide bonds. The summed E-state index contributed by atoms with van der Waals surface area (Å²) in [5, 5.41) is 3.08. The molecule has 178 valence electrons. The van der Waals surface area contributed by atoms with Crippen molar-refractivity contribution in [2.24, 2.45) is 0 Å². The summed E-state index contributed by atoms with van der Waals surface area (Å²) < 4.78 is 28.4. The smallest absolute Gasteiger partial charge is 0.264 e. The van der Waals surface area contributed by atoms with Gasteiger partial charge < -0.3 is 5.32 Å². The van der Waals surface area contributed by atoms with Gasteiger partial charge in [0.05, 0.1) is 16.6 Å². The van der Waals surface area contributed by atoms with Crippen LogP contribution in [0.5, 0.6) is 0 Å². The predicted octanol–water partition coefficient (Wildman–Crippen LogP) is 5.40. The molecule has 0 aliphatic carbocycles. The maximum Gasteiger partial charge on any atom is 0.264 e. The third-order valence-corrected chi connectivity index (χ3v) is 7.67. The number of para-hydroxylation sites is 1. The summed E-state index contributed by atoms with van der Waals surface area (Å²) in [4.78, 5) is 13.5. The second-order valence-electron chi connectivity index (χ2n) is 8.43. The van der Waals surface area contributed by atoms with Crippen LogP contribution in [0.3, 0.4) is 0 Å². The third-order valence-electron chi connectivity index (χ3n) is 5.88. The Labute approximate surface area is 207 Å². The van der Waals surface area contributed by atoms with E-state index >= 15 is 0 Å². The highest BCUT2D eigenvalue weighted by Gasteiger charge is 2.28. The van der Waals surface area contributed by atoms with E-state index in [1.807, 2.05) is 74.5 Å². The van der Waals surface area contributed by atoms with E-state index in [-0.39, 0.29) is 11.4 Å². The molecule has 4 rings (SSSR count). The van der Waals surface area contributed by atoms with E-state index in [2.05, 4.69) is 5.32 Å². The molecule has 0 spiro atoms. The lowest BCUT2D eigenvalue weighted by Gasteiger charge is -2.26. The van der Waals surface area contributed by atoms with Crippen molar-refractivity contribution in [1.29, 1.82) is 0 Å². The lowest BCUT2D eigenvalue weighted by molar-refractivity contribution is -0.120. The number of nitrogens with one attached hydrogen (secondary N) is 1. The molecule has 5 nitrogen and oxygen atoms in total. The van der Waals surface area contributed by atoms with Gasteiger partial charge in [-0.1, -0.05) is 90.5 Å². The maximum atomic E-state index is 13.6. The number of hydrogen-bond donors (Lipinski definition) is 1. The van der Waals surface area contributed by atoms with Gasteiger partial charge in [0.25, 0.3) is 10.0 Å². The van der Waals surface area contributed by atoms with E-state index in [4.69, 9.17) is 0 Å². The SMILES string of the molecule is Cc1ccc(S(=O)(=O)N(CC(=O)NC(c2ccccc2)c2ccccc2C)c2ccccc2)cc1. The van der Waals surface area contributed by atoms with E-state index in [9.17, 15) is 13.2 Å². The lowest BCUT2D eigenvalue weighted by atomic mass is 9.95. The first kappa shape index (κ1) is 24.2. The fourth-order valence-electron chi connectivity index (χ4n) is 3.98. The van der Waals surface area contributed by atoms with Crippen molar-refractivity contribution in [3.05, 3.63) is 131 Å². The van der Waals surface area contributed by atoms with Crippen LogP contribution in [0.15, 0.2) is 114 Å². The predicted molar refractivity (Wildman–Crippen MR) is 140 cm³/mol. The van der Waals surface area contributed by atoms with Gasteiger partial charge in [-0.3, -0.25) is 9.10 Å². The second kappa shape index (κ2) is 10.6. The second-order valence-corrected chi connectivity index (χ2v) is 10.3. The summed E-state index contributed by atoms with van der Waals surface area (Å²) in [6.07, 6.45) is 0. The molecule has 35 heavy (non-hydrogen) atoms. The molecular weight excluding hydrogens is 456 g/mol. The zero-order valence-electron chi connectivity index (χ0n) is 19.8. The average molecular weight is 485 g/mol. The van der Waals surface area contributed by atoms with Crippen molar-refractivity contribution in [3.8, 4) is 0 Å². The van der Waals surface area contributed by atoms with Gasteiger partial charge in [0, 0.05) is 0 Å². The quantitative estimate of drug-likeness (QED) is 0.364. The van der Waals surface area contributed by atoms with E-state index in [1.54, 1.807) is 48.5 Å². The van der Waals surface area contributed by atoms with Crippen LogP contribution in [0.25, 0.3) is 0 Å². The van der Waals surface area contributed by atoms with Crippen molar-refractivity contribution in [1.82, 2.24) is 5.32 Å². The Hall–Kier alpha value is -3.90. The highest BCUT2D eigenvalue weighted by molar-refractivity contribution is 7.92. The van der Waals surface area contributed by atoms with Crippen LogP contribution in [0.2, 0.25) is 0 Å². The first-order chi connectivity index (χ1) is 16.9. The van der Waals surface area contributed by atoms with Crippen LogP contribution in [-0.4, -0.2) is 20.9 Å². The Morgan fingerprint density at radius 1 is 0.771 bits per heavy atom. The van der Waals surface area contributed by atoms with Crippen molar-refractivity contribution >= 4 is 21.6 Å². The van der Waals surface area contributed by atoms with Crippen LogP contribution in [0.1, 0.15) is 28.3 Å². The van der Waals surface area contributed by atoms with Gasteiger partial charge in [-0.05, 0) is 54.8 Å². The fraction of sp³-hybridized carbons (Fsp3) is 0.138. The normalized spacial score (nSPS) is 12.1. The molecule has 0 aliphatic rings. The number of hydrogen-bond acceptors (Lipinski definition) is 3. The van der Waals surface area contributed by atoms with Gasteiger partial charge in [0.1, 0.15) is 6.54 Å². The summed E-state index contributed by atoms with van der Waals surface area (Å²) in [6.45, 7) is 3.54. The molecule has 1 unspecified atom stereocenters. The van der Waals surface area contributed by atoms with Crippen molar-refractivity contribution in [2.75, 3.05) is 10.8 Å². The summed E-state index contributed by atoms with van der Waals surface area (Å²) in [5.74, 6) is -0.401. The minimum Gasteiger partial charge on any atom is -0.344 e. The summed E-state index contributed by atoms with van der Waals surface area (Å²) >= 11 is 0. The van der Waals surface area contributed by atoms with Crippen molar-refractivity contribution in [2.45, 2.75) is 24.8 Å². The first-order valence-corrected chi connectivity index (χ1v) is 12.8. The number of carbonyl (C=O) groups is 1. The molecule has 0 fully saturated rings. The van der Waals surface area contributed by atoms with Gasteiger partial charge in [0.2, 0.25) is 5.91 Å². The van der Waals surface area contributed by atoms with Crippen LogP contribution >= 0.6 is 0 Å². The molecule has 0 heterocycles. The Morgan fingerprint density at radius 2 is 1.34 bits per heavy atom. The maximum absolute atomic E-state index is 13.6. The Balaban J connectivity index is 1.68. The van der Waals surface area contributed by atoms with Crippen molar-refractivity contribution in [3.63, 3.8) is 0 Å². The Kier molecular flexibility index (Phi) is 7.32. The van der Waals surface area contributed by atoms with Gasteiger partial charge >= 0.3 is 0 Å². The summed E-state index contributed by atoms with van der Waals surface area (Å²) in [5.41, 5.74) is 4.30. The number of benzene rings is 4. The van der Waals surface area contributed by atoms with E-state index in [0.29, 0.717) is 5.69 Å². The number of amides is 1. The standard InChI is InChI=1S/C29H28N2O3S/c1-22-17-19-26(20-18-22)35(33,34)31(25-14-7-4-8-15-25)21-28(32)30-29(24-12-5-3-6-13-24)27-16-10-9-11-23(27)2/h3-20,29H,21H2,1-2H3,(H,30,32). The van der Waals surface area contributed by atoms with Gasteiger partial charge in [-0.2, -0.15) is 0 Å². The van der Waals surface area contributed by atoms with Gasteiger partial charge in [-0.15, -0.1) is 0 Å². The minimum atomic E-state index is -3.97. The molecule has 4 aromatic carbocycles. The number of sulfonamides is 1. The van der Waals surface area contributed by atoms with E-state index in [1.165, 1.54) is 0 Å². The van der Waals surface area contributed by atoms with E-state index in [0.717, 1.165) is 26.6 Å². The summed E-state index contributed by atoms with van der Waals surface area (Å²) in [7, 11) is -3.97. The zero-order valence-corrected chi connectivity index (χ0v) is 20.6. The molecule has 1 atom stereocenters. The molecule has 0 bridgehead atoms. The van der Waals surface area contributed by atoms with Gasteiger partial charge in [-0.25, -0.2) is 8.42 Å². The fourth-order valence-corrected chi connectivity index (χ4v) is 5.40. The number of anilines is 1. The zero-order chi connectivity index (χ0) is 24.8. The van der Waals surface area contributed by atoms with Crippen LogP contribution < -0.4 is 9.62 Å². The molecule has 0 radical (unpaired) electrons. The van der Waals surface area contributed by atoms with Crippen LogP contribution in [-0.2, 0) is 14.8 Å². The molecule has 0 saturated heterocycles. The lowest BCUT2D eigenvalue weighted by Crippen LogP contribution is -2.42. The van der Waals surface area contributed by atoms with Crippen molar-refractivity contribution < 1.29 is 13.2 Å². The molecule has 0 aliphatic heterocycles. The topological polar surface area (TPSA) is 66.5 Å².